The van der Waals surface area contributed by atoms with E-state index in [9.17, 15) is 10.1 Å². The molecule has 0 aliphatic heterocycles. The molecule has 0 unspecified atom stereocenters. The van der Waals surface area contributed by atoms with Gasteiger partial charge < -0.3 is 10.1 Å². The molecule has 1 amide bonds. The maximum Gasteiger partial charge on any atom is 0.266 e. The predicted octanol–water partition coefficient (Wildman–Crippen LogP) is 7.10. The molecule has 3 rings (SSSR count). The van der Waals surface area contributed by atoms with Gasteiger partial charge in [0.05, 0.1) is 0 Å². The van der Waals surface area contributed by atoms with Crippen molar-refractivity contribution in [3.05, 3.63) is 96.8 Å². The maximum absolute atomic E-state index is 12.6. The van der Waals surface area contributed by atoms with Gasteiger partial charge in [0.1, 0.15) is 24.0 Å². The molecule has 1 N–H and O–H groups in total. The second-order valence-corrected chi connectivity index (χ2v) is 8.98. The van der Waals surface area contributed by atoms with Gasteiger partial charge >= 0.3 is 0 Å². The molecule has 7 heteroatoms. The van der Waals surface area contributed by atoms with Crippen molar-refractivity contribution < 1.29 is 9.53 Å². The first-order valence-electron chi connectivity index (χ1n) is 8.80. The quantitative estimate of drug-likeness (QED) is 0.246. The van der Waals surface area contributed by atoms with Crippen LogP contribution < -0.4 is 10.1 Å². The Kier molecular flexibility index (Phi) is 7.86. The Bertz CT molecular complexity index is 1140. The third kappa shape index (κ3) is 6.30. The number of amides is 1. The van der Waals surface area contributed by atoms with E-state index >= 15 is 0 Å². The molecule has 3 aromatic rings. The molecule has 0 radical (unpaired) electrons. The zero-order chi connectivity index (χ0) is 21.5. The number of carbonyl (C=O) groups is 1. The van der Waals surface area contributed by atoms with Crippen molar-refractivity contribution in [3.8, 4) is 11.8 Å². The minimum atomic E-state index is -0.491. The predicted molar refractivity (Wildman–Crippen MR) is 129 cm³/mol. The zero-order valence-electron chi connectivity index (χ0n) is 15.5. The van der Waals surface area contributed by atoms with Crippen LogP contribution in [-0.4, -0.2) is 5.91 Å². The smallest absolute Gasteiger partial charge is 0.266 e. The van der Waals surface area contributed by atoms with Crippen molar-refractivity contribution in [2.75, 3.05) is 5.32 Å². The van der Waals surface area contributed by atoms with Gasteiger partial charge in [-0.25, -0.2) is 0 Å². The molecular weight excluding hydrogens is 576 g/mol. The first-order valence-corrected chi connectivity index (χ1v) is 11.2. The Labute approximate surface area is 200 Å². The average Bonchev–Trinajstić information content (AvgIpc) is 2.72. The van der Waals surface area contributed by atoms with E-state index in [0.29, 0.717) is 23.6 Å². The number of nitrogens with zero attached hydrogens (tertiary/aromatic N) is 1. The van der Waals surface area contributed by atoms with Crippen molar-refractivity contribution in [2.45, 2.75) is 6.61 Å². The number of ether oxygens (including phenoxy) is 1. The molecule has 0 aliphatic rings. The Morgan fingerprint density at radius 2 is 1.67 bits per heavy atom. The van der Waals surface area contributed by atoms with Gasteiger partial charge in [-0.3, -0.25) is 4.79 Å². The molecule has 4 nitrogen and oxygen atoms in total. The van der Waals surface area contributed by atoms with E-state index in [2.05, 4.69) is 53.1 Å². The molecule has 0 saturated heterocycles. The minimum Gasteiger partial charge on any atom is -0.488 e. The fourth-order valence-corrected chi connectivity index (χ4v) is 3.62. The summed E-state index contributed by atoms with van der Waals surface area (Å²) in [6, 6.07) is 22.4. The first kappa shape index (κ1) is 22.3. The maximum atomic E-state index is 12.6. The van der Waals surface area contributed by atoms with Crippen LogP contribution in [0.5, 0.6) is 5.75 Å². The third-order valence-electron chi connectivity index (χ3n) is 4.03. The van der Waals surface area contributed by atoms with Crippen LogP contribution in [0, 0.1) is 11.3 Å². The van der Waals surface area contributed by atoms with Crippen LogP contribution in [0.2, 0.25) is 0 Å². The molecule has 0 aromatic heterocycles. The van der Waals surface area contributed by atoms with E-state index in [0.717, 1.165) is 19.0 Å². The van der Waals surface area contributed by atoms with Gasteiger partial charge in [-0.05, 0) is 60.2 Å². The molecule has 150 valence electrons. The summed E-state index contributed by atoms with van der Waals surface area (Å²) in [5.41, 5.74) is 2.20. The molecule has 0 bridgehead atoms. The largest absolute Gasteiger partial charge is 0.488 e. The van der Waals surface area contributed by atoms with Crippen molar-refractivity contribution in [1.29, 1.82) is 5.26 Å². The summed E-state index contributed by atoms with van der Waals surface area (Å²) < 4.78 is 8.59. The Balaban J connectivity index is 1.82. The van der Waals surface area contributed by atoms with E-state index in [1.807, 2.05) is 42.5 Å². The number of benzene rings is 3. The van der Waals surface area contributed by atoms with E-state index in [1.165, 1.54) is 6.08 Å². The molecule has 0 atom stereocenters. The highest BCUT2D eigenvalue weighted by Crippen LogP contribution is 2.27. The van der Waals surface area contributed by atoms with Crippen LogP contribution in [0.4, 0.5) is 5.69 Å². The van der Waals surface area contributed by atoms with E-state index in [1.54, 1.807) is 30.3 Å². The number of anilines is 1. The molecule has 0 heterocycles. The Morgan fingerprint density at radius 1 is 0.967 bits per heavy atom. The summed E-state index contributed by atoms with van der Waals surface area (Å²) in [5, 5.41) is 12.3. The molecule has 0 aliphatic carbocycles. The molecule has 0 spiro atoms. The average molecular weight is 591 g/mol. The SMILES string of the molecule is N#C/C(=C/c1cc(Br)ccc1OCc1ccc(Br)cc1)C(=O)Nc1cccc(Br)c1. The van der Waals surface area contributed by atoms with E-state index in [-0.39, 0.29) is 5.57 Å². The lowest BCUT2D eigenvalue weighted by molar-refractivity contribution is -0.112. The van der Waals surface area contributed by atoms with Gasteiger partial charge in [-0.2, -0.15) is 5.26 Å². The topological polar surface area (TPSA) is 62.1 Å². The molecule has 3 aromatic carbocycles. The Morgan fingerprint density at radius 3 is 2.37 bits per heavy atom. The lowest BCUT2D eigenvalue weighted by Gasteiger charge is -2.11. The number of carbonyl (C=O) groups excluding carboxylic acids is 1. The summed E-state index contributed by atoms with van der Waals surface area (Å²) >= 11 is 10.2. The normalized spacial score (nSPS) is 10.9. The van der Waals surface area contributed by atoms with Gasteiger partial charge in [0, 0.05) is 24.7 Å². The van der Waals surface area contributed by atoms with Gasteiger partial charge in [-0.15, -0.1) is 0 Å². The summed E-state index contributed by atoms with van der Waals surface area (Å²) in [4.78, 5) is 12.6. The van der Waals surface area contributed by atoms with Gasteiger partial charge in [0.25, 0.3) is 5.91 Å². The van der Waals surface area contributed by atoms with Crippen LogP contribution in [0.15, 0.2) is 85.7 Å². The van der Waals surface area contributed by atoms with Crippen LogP contribution >= 0.6 is 47.8 Å². The van der Waals surface area contributed by atoms with Gasteiger partial charge in [0.15, 0.2) is 0 Å². The van der Waals surface area contributed by atoms with Crippen LogP contribution in [-0.2, 0) is 11.4 Å². The summed E-state index contributed by atoms with van der Waals surface area (Å²) in [7, 11) is 0. The van der Waals surface area contributed by atoms with Crippen molar-refractivity contribution in [1.82, 2.24) is 0 Å². The minimum absolute atomic E-state index is 0.0263. The second kappa shape index (κ2) is 10.6. The summed E-state index contributed by atoms with van der Waals surface area (Å²) in [5.74, 6) is 0.0820. The van der Waals surface area contributed by atoms with Crippen LogP contribution in [0.1, 0.15) is 11.1 Å². The number of halogens is 3. The highest BCUT2D eigenvalue weighted by Gasteiger charge is 2.12. The first-order chi connectivity index (χ1) is 14.4. The fourth-order valence-electron chi connectivity index (χ4n) is 2.57. The van der Waals surface area contributed by atoms with E-state index in [4.69, 9.17) is 4.74 Å². The van der Waals surface area contributed by atoms with Gasteiger partial charge in [0.2, 0.25) is 0 Å². The summed E-state index contributed by atoms with van der Waals surface area (Å²) in [6.45, 7) is 0.363. The second-order valence-electron chi connectivity index (χ2n) is 6.23. The number of nitrogens with one attached hydrogen (secondary N) is 1. The number of hydrogen-bond acceptors (Lipinski definition) is 3. The van der Waals surface area contributed by atoms with Crippen molar-refractivity contribution in [3.63, 3.8) is 0 Å². The highest BCUT2D eigenvalue weighted by atomic mass is 79.9. The zero-order valence-corrected chi connectivity index (χ0v) is 20.3. The molecule has 0 saturated carbocycles. The van der Waals surface area contributed by atoms with Crippen LogP contribution in [0.25, 0.3) is 6.08 Å². The molecular formula is C23H15Br3N2O2. The van der Waals surface area contributed by atoms with Crippen molar-refractivity contribution >= 4 is 65.5 Å². The lowest BCUT2D eigenvalue weighted by atomic mass is 10.1. The number of hydrogen-bond donors (Lipinski definition) is 1. The third-order valence-corrected chi connectivity index (χ3v) is 5.54. The molecule has 0 fully saturated rings. The standard InChI is InChI=1S/C23H15Br3N2O2/c24-18-6-4-15(5-7-18)14-30-22-9-8-20(26)11-16(22)10-17(13-27)23(29)28-21-3-1-2-19(25)12-21/h1-12H,14H2,(H,28,29)/b17-10-. The number of nitriles is 1. The summed E-state index contributed by atoms with van der Waals surface area (Å²) in [6.07, 6.45) is 1.52. The van der Waals surface area contributed by atoms with Crippen LogP contribution in [0.3, 0.4) is 0 Å². The fraction of sp³-hybridized carbons (Fsp3) is 0.0435. The van der Waals surface area contributed by atoms with Crippen molar-refractivity contribution in [2.24, 2.45) is 0 Å². The monoisotopic (exact) mass is 588 g/mol. The number of rotatable bonds is 6. The van der Waals surface area contributed by atoms with Gasteiger partial charge in [-0.1, -0.05) is 66.0 Å². The highest BCUT2D eigenvalue weighted by molar-refractivity contribution is 9.11. The van der Waals surface area contributed by atoms with E-state index < -0.39 is 5.91 Å². The lowest BCUT2D eigenvalue weighted by Crippen LogP contribution is -2.13. The molecule has 30 heavy (non-hydrogen) atoms. The Hall–Kier alpha value is -2.40.